The number of nitrogens with zero attached hydrogens (tertiary/aromatic N) is 9. The monoisotopic (exact) mass is 1200 g/mol. The zero-order valence-corrected chi connectivity index (χ0v) is 48.9. The number of nitro groups is 1. The number of benzene rings is 4. The predicted octanol–water partition coefficient (Wildman–Crippen LogP) is 10.1. The minimum Gasteiger partial charge on any atom is -0.399 e. The van der Waals surface area contributed by atoms with Crippen LogP contribution in [0.3, 0.4) is 0 Å². The second-order valence-electron chi connectivity index (χ2n) is 20.4. The molecular weight excluding hydrogens is 1120 g/mol. The van der Waals surface area contributed by atoms with Gasteiger partial charge in [0.1, 0.15) is 0 Å². The summed E-state index contributed by atoms with van der Waals surface area (Å²) in [6.45, 7) is 15.0. The third-order valence-electron chi connectivity index (χ3n) is 14.7. The first-order valence-electron chi connectivity index (χ1n) is 27.5. The number of hydrogen-bond donors (Lipinski definition) is 3. The van der Waals surface area contributed by atoms with Gasteiger partial charge < -0.3 is 43.0 Å². The Morgan fingerprint density at radius 2 is 0.975 bits per heavy atom. The zero-order chi connectivity index (χ0) is 56.0. The molecule has 81 heavy (non-hydrogen) atoms. The van der Waals surface area contributed by atoms with Crippen molar-refractivity contribution in [2.45, 2.75) is 138 Å². The van der Waals surface area contributed by atoms with Gasteiger partial charge in [0.25, 0.3) is 29.3 Å². The maximum absolute atomic E-state index is 14.0. The fourth-order valence-electron chi connectivity index (χ4n) is 10.2. The molecule has 440 valence electrons. The minimum atomic E-state index is -0.542. The van der Waals surface area contributed by atoms with Crippen LogP contribution in [0.4, 0.5) is 11.4 Å². The summed E-state index contributed by atoms with van der Waals surface area (Å²) in [7, 11) is 0. The van der Waals surface area contributed by atoms with Crippen LogP contribution < -0.4 is 5.73 Å². The normalized spacial score (nSPS) is 14.2. The van der Waals surface area contributed by atoms with Crippen molar-refractivity contribution >= 4 is 35.0 Å². The van der Waals surface area contributed by atoms with E-state index >= 15 is 0 Å². The summed E-state index contributed by atoms with van der Waals surface area (Å²) in [6.07, 6.45) is 8.68. The van der Waals surface area contributed by atoms with Crippen LogP contribution in [0.15, 0.2) is 97.1 Å². The topological polar surface area (TPSA) is 226 Å². The van der Waals surface area contributed by atoms with Crippen LogP contribution in [0.2, 0.25) is 0 Å². The Morgan fingerprint density at radius 3 is 1.35 bits per heavy atom. The second kappa shape index (κ2) is 31.2. The van der Waals surface area contributed by atoms with Crippen molar-refractivity contribution in [2.24, 2.45) is 0 Å². The van der Waals surface area contributed by atoms with Gasteiger partial charge in [-0.2, -0.15) is 10.2 Å². The van der Waals surface area contributed by atoms with Crippen molar-refractivity contribution in [3.05, 3.63) is 171 Å². The number of carbonyl (C=O) groups is 4. The quantitative estimate of drug-likeness (QED) is 0.0202. The molecule has 0 aliphatic carbocycles. The molecule has 0 radical (unpaired) electrons. The first kappa shape index (κ1) is 66.5. The molecule has 19 heteroatoms. The summed E-state index contributed by atoms with van der Waals surface area (Å²) in [5, 5.41) is 41.2. The van der Waals surface area contributed by atoms with Gasteiger partial charge in [-0.25, -0.2) is 9.36 Å². The number of aliphatic hydroxyl groups is 2. The molecule has 2 aliphatic rings. The third-order valence-corrected chi connectivity index (χ3v) is 14.7. The van der Waals surface area contributed by atoms with Crippen LogP contribution in [0.5, 0.6) is 0 Å². The van der Waals surface area contributed by atoms with E-state index in [0.29, 0.717) is 79.6 Å². The molecule has 4 amide bonds. The van der Waals surface area contributed by atoms with Gasteiger partial charge in [-0.1, -0.05) is 109 Å². The molecule has 4 N–H and O–H groups in total. The van der Waals surface area contributed by atoms with Crippen molar-refractivity contribution in [2.75, 3.05) is 45.1 Å². The molecular formula is C62H83N10O8Pd-. The molecule has 0 saturated carbocycles. The smallest absolute Gasteiger partial charge is 0.274 e. The van der Waals surface area contributed by atoms with Crippen molar-refractivity contribution in [3.63, 3.8) is 0 Å². The molecule has 2 aliphatic heterocycles. The van der Waals surface area contributed by atoms with Crippen molar-refractivity contribution < 1.29 is 54.7 Å². The van der Waals surface area contributed by atoms with E-state index < -0.39 is 16.9 Å². The van der Waals surface area contributed by atoms with E-state index in [4.69, 9.17) is 5.73 Å². The summed E-state index contributed by atoms with van der Waals surface area (Å²) >= 11 is 0. The van der Waals surface area contributed by atoms with Crippen LogP contribution in [0.1, 0.15) is 162 Å². The van der Waals surface area contributed by atoms with Crippen LogP contribution in [-0.4, -0.2) is 129 Å². The maximum atomic E-state index is 14.0. The number of anilines is 1. The van der Waals surface area contributed by atoms with E-state index in [-0.39, 0.29) is 95.7 Å². The van der Waals surface area contributed by atoms with Gasteiger partial charge in [-0.3, -0.25) is 29.3 Å². The largest absolute Gasteiger partial charge is 0.399 e. The van der Waals surface area contributed by atoms with Crippen LogP contribution in [-0.2, 0) is 46.4 Å². The number of rotatable bonds is 21. The Morgan fingerprint density at radius 1 is 0.605 bits per heavy atom. The van der Waals surface area contributed by atoms with Gasteiger partial charge in [0.15, 0.2) is 11.4 Å². The number of aliphatic hydroxyl groups excluding tert-OH is 2. The van der Waals surface area contributed by atoms with Gasteiger partial charge in [-0.05, 0) is 111 Å². The number of amides is 4. The van der Waals surface area contributed by atoms with Crippen molar-refractivity contribution in [3.8, 4) is 11.4 Å². The molecule has 2 aromatic heterocycles. The molecule has 0 bridgehead atoms. The molecule has 0 fully saturated rings. The fourth-order valence-corrected chi connectivity index (χ4v) is 10.2. The second-order valence-corrected chi connectivity index (χ2v) is 20.4. The first-order valence-corrected chi connectivity index (χ1v) is 27.5. The average molecular weight is 1200 g/mol. The molecule has 4 aromatic carbocycles. The van der Waals surface area contributed by atoms with E-state index in [0.717, 1.165) is 79.3 Å². The predicted molar refractivity (Wildman–Crippen MR) is 314 cm³/mol. The van der Waals surface area contributed by atoms with Gasteiger partial charge in [0.2, 0.25) is 0 Å². The summed E-state index contributed by atoms with van der Waals surface area (Å²) in [4.78, 5) is 72.9. The standard InChI is InChI=1S/C30H37N5O5.C30H39N5O3.CH4.CH3.Pd/c1-4-6-14-32(15-7-5-2)30(38)27-16-21(3)34(31-27)28-13-12-24(35(39)40)18-26(28)29(37)33-19-23-11-9-8-10-22(23)17-25(33)20-36;1-4-6-14-33(15-7-5-2)30(38)27-16-21(3)35(32-27)28-13-12-24(31)18-26(28)29(37)34-19-23-11-9-8-10-22(23)17-25(34)20-36;;;/h8-13,16,18,25,36H,4-7,14-15,17,19-20H2,1-3H3;8-13,16,18,25,36H,4-7,14-15,17,19-20,31H2,1-3H3;1H4;1H3;/q;;;-1;/t2*25-;;;/m00.../s1. The Bertz CT molecular complexity index is 3070. The van der Waals surface area contributed by atoms with Crippen molar-refractivity contribution in [1.82, 2.24) is 39.2 Å². The van der Waals surface area contributed by atoms with Crippen LogP contribution in [0.25, 0.3) is 11.4 Å². The van der Waals surface area contributed by atoms with E-state index in [1.54, 1.807) is 51.7 Å². The molecule has 4 heterocycles. The molecule has 2 atom stereocenters. The summed E-state index contributed by atoms with van der Waals surface area (Å²) in [6, 6.07) is 27.6. The SMILES string of the molecule is C.CCCCN(CCCC)C(=O)c1cc(C)n(-c2ccc(N)cc2C(=O)N2Cc3ccccc3C[C@H]2CO)n1.CCCCN(CCCC)C(=O)c1cc(C)n(-c2ccc([N+](=O)[O-])cc2C(=O)N2Cc3ccccc3C[C@H]2CO)n1.[CH3-].[Pd]. The summed E-state index contributed by atoms with van der Waals surface area (Å²) < 4.78 is 3.16. The molecule has 0 unspecified atom stereocenters. The molecule has 6 aromatic rings. The minimum absolute atomic E-state index is 0. The first-order chi connectivity index (χ1) is 37.7. The number of nitrogens with two attached hydrogens (primary N) is 1. The Kier molecular flexibility index (Phi) is 25.6. The van der Waals surface area contributed by atoms with Gasteiger partial charge in [0.05, 0.1) is 52.7 Å². The number of nitrogen functional groups attached to an aromatic ring is 1. The van der Waals surface area contributed by atoms with E-state index in [9.17, 15) is 39.5 Å². The zero-order valence-electron chi connectivity index (χ0n) is 47.4. The maximum Gasteiger partial charge on any atom is 0.274 e. The Balaban J connectivity index is 0.000000336. The number of aryl methyl sites for hydroxylation is 2. The molecule has 0 spiro atoms. The number of carbonyl (C=O) groups excluding carboxylic acids is 4. The van der Waals surface area contributed by atoms with Crippen LogP contribution >= 0.6 is 0 Å². The number of non-ortho nitro benzene ring substituents is 1. The Labute approximate surface area is 492 Å². The number of unbranched alkanes of at least 4 members (excludes halogenated alkanes) is 4. The van der Waals surface area contributed by atoms with Crippen molar-refractivity contribution in [1.29, 1.82) is 0 Å². The van der Waals surface area contributed by atoms with Crippen LogP contribution in [0, 0.1) is 31.4 Å². The number of aromatic nitrogens is 4. The molecule has 8 rings (SSSR count). The van der Waals surface area contributed by atoms with E-state index in [1.165, 1.54) is 22.9 Å². The molecule has 18 nitrogen and oxygen atoms in total. The van der Waals surface area contributed by atoms with Gasteiger partial charge >= 0.3 is 0 Å². The average Bonchev–Trinajstić information content (AvgIpc) is 4.06. The van der Waals surface area contributed by atoms with E-state index in [1.807, 2.05) is 65.3 Å². The Hall–Kier alpha value is -7.04. The van der Waals surface area contributed by atoms with Gasteiger partial charge in [0, 0.05) is 88.9 Å². The van der Waals surface area contributed by atoms with E-state index in [2.05, 4.69) is 37.9 Å². The molecule has 0 saturated heterocycles. The number of nitro benzene ring substituents is 1. The van der Waals surface area contributed by atoms with Gasteiger partial charge in [-0.15, -0.1) is 0 Å². The fraction of sp³-hybridized carbons (Fsp3) is 0.435. The summed E-state index contributed by atoms with van der Waals surface area (Å²) in [5.41, 5.74) is 14.0. The third kappa shape index (κ3) is 15.7. The number of hydrogen-bond acceptors (Lipinski definition) is 11. The summed E-state index contributed by atoms with van der Waals surface area (Å²) in [5.74, 6) is -0.935. The number of fused-ring (bicyclic) bond motifs is 2.